The van der Waals surface area contributed by atoms with Gasteiger partial charge in [0.25, 0.3) is 0 Å². The number of benzene rings is 1. The fraction of sp³-hybridized carbons (Fsp3) is 0.273. The first kappa shape index (κ1) is 11.1. The Morgan fingerprint density at radius 3 is 2.57 bits per heavy atom. The molecule has 0 aromatic heterocycles. The summed E-state index contributed by atoms with van der Waals surface area (Å²) in [6.45, 7) is 2.09. The van der Waals surface area contributed by atoms with Crippen LogP contribution in [0.15, 0.2) is 40.6 Å². The van der Waals surface area contributed by atoms with Gasteiger partial charge in [0.1, 0.15) is 0 Å². The van der Waals surface area contributed by atoms with E-state index in [1.54, 1.807) is 11.5 Å². The molecule has 0 aliphatic rings. The number of aryl methyl sites for hydroxylation is 1. The number of aliphatic hydroxyl groups is 1. The first-order valence-electron chi connectivity index (χ1n) is 4.49. The average molecular weight is 210 g/mol. The Balaban J connectivity index is 2.65. The Labute approximate surface area is 86.7 Å². The van der Waals surface area contributed by atoms with Crippen molar-refractivity contribution in [3.05, 3.63) is 41.3 Å². The molecule has 0 spiro atoms. The second kappa shape index (κ2) is 5.73. The Bertz CT molecular complexity index is 328. The van der Waals surface area contributed by atoms with E-state index in [0.29, 0.717) is 6.42 Å². The maximum absolute atomic E-state index is 11.6. The lowest BCUT2D eigenvalue weighted by molar-refractivity contribution is 0.302. The Kier molecular flexibility index (Phi) is 4.56. The van der Waals surface area contributed by atoms with Crippen LogP contribution in [0.4, 0.5) is 0 Å². The predicted octanol–water partition coefficient (Wildman–Crippen LogP) is 2.00. The molecule has 0 aliphatic carbocycles. The molecule has 0 heterocycles. The summed E-state index contributed by atoms with van der Waals surface area (Å²) in [5, 5.41) is 10.1. The van der Waals surface area contributed by atoms with E-state index >= 15 is 0 Å². The molecule has 0 saturated carbocycles. The quantitative estimate of drug-likeness (QED) is 0.825. The van der Waals surface area contributed by atoms with E-state index in [0.717, 1.165) is 10.5 Å². The van der Waals surface area contributed by atoms with Gasteiger partial charge >= 0.3 is 0 Å². The SMILES string of the molecule is Cc1ccc(S(=O)/C=C/CCO)cc1. The Morgan fingerprint density at radius 2 is 2.00 bits per heavy atom. The van der Waals surface area contributed by atoms with Crippen molar-refractivity contribution >= 4 is 10.8 Å². The molecule has 3 heteroatoms. The average Bonchev–Trinajstić information content (AvgIpc) is 2.19. The number of aliphatic hydroxyl groups excluding tert-OH is 1. The number of hydrogen-bond acceptors (Lipinski definition) is 2. The molecular weight excluding hydrogens is 196 g/mol. The van der Waals surface area contributed by atoms with E-state index in [1.807, 2.05) is 31.2 Å². The molecule has 1 aromatic rings. The van der Waals surface area contributed by atoms with Crippen LogP contribution < -0.4 is 0 Å². The number of hydrogen-bond donors (Lipinski definition) is 1. The highest BCUT2D eigenvalue weighted by Gasteiger charge is 1.97. The summed E-state index contributed by atoms with van der Waals surface area (Å²) < 4.78 is 11.6. The highest BCUT2D eigenvalue weighted by Crippen LogP contribution is 2.09. The fourth-order valence-corrected chi connectivity index (χ4v) is 1.85. The van der Waals surface area contributed by atoms with Crippen molar-refractivity contribution in [3.63, 3.8) is 0 Å². The van der Waals surface area contributed by atoms with E-state index in [9.17, 15) is 4.21 Å². The van der Waals surface area contributed by atoms with Gasteiger partial charge in [0, 0.05) is 16.9 Å². The van der Waals surface area contributed by atoms with Gasteiger partial charge in [0.15, 0.2) is 0 Å². The Morgan fingerprint density at radius 1 is 1.36 bits per heavy atom. The lowest BCUT2D eigenvalue weighted by atomic mass is 10.2. The van der Waals surface area contributed by atoms with Gasteiger partial charge < -0.3 is 5.11 Å². The molecule has 2 nitrogen and oxygen atoms in total. The van der Waals surface area contributed by atoms with Gasteiger partial charge in [0.2, 0.25) is 0 Å². The molecule has 1 rings (SSSR count). The Hall–Kier alpha value is -0.930. The monoisotopic (exact) mass is 210 g/mol. The summed E-state index contributed by atoms with van der Waals surface area (Å²) in [5.74, 6) is 0. The van der Waals surface area contributed by atoms with Gasteiger partial charge in [-0.25, -0.2) is 4.21 Å². The highest BCUT2D eigenvalue weighted by atomic mass is 32.2. The normalized spacial score (nSPS) is 13.3. The molecule has 14 heavy (non-hydrogen) atoms. The summed E-state index contributed by atoms with van der Waals surface area (Å²) in [7, 11) is -1.08. The van der Waals surface area contributed by atoms with E-state index in [1.165, 1.54) is 0 Å². The first-order valence-corrected chi connectivity index (χ1v) is 5.70. The van der Waals surface area contributed by atoms with Gasteiger partial charge in [-0.3, -0.25) is 0 Å². The van der Waals surface area contributed by atoms with Gasteiger partial charge in [0.05, 0.1) is 10.8 Å². The molecule has 0 aliphatic heterocycles. The minimum atomic E-state index is -1.08. The second-order valence-corrected chi connectivity index (χ2v) is 4.33. The molecule has 1 aromatic carbocycles. The third kappa shape index (κ3) is 3.44. The molecule has 1 unspecified atom stereocenters. The molecule has 0 radical (unpaired) electrons. The zero-order chi connectivity index (χ0) is 10.4. The van der Waals surface area contributed by atoms with E-state index in [4.69, 9.17) is 5.11 Å². The first-order chi connectivity index (χ1) is 6.74. The summed E-state index contributed by atoms with van der Waals surface area (Å²) >= 11 is 0. The standard InChI is InChI=1S/C11H14O2S/c1-10-4-6-11(7-5-10)14(13)9-3-2-8-12/h3-7,9,12H,2,8H2,1H3/b9-3+. The molecule has 76 valence electrons. The smallest absolute Gasteiger partial charge is 0.0772 e. The summed E-state index contributed by atoms with van der Waals surface area (Å²) in [6, 6.07) is 7.59. The molecule has 1 atom stereocenters. The largest absolute Gasteiger partial charge is 0.396 e. The van der Waals surface area contributed by atoms with E-state index < -0.39 is 10.8 Å². The highest BCUT2D eigenvalue weighted by molar-refractivity contribution is 7.88. The molecule has 0 bridgehead atoms. The van der Waals surface area contributed by atoms with Crippen LogP contribution in [0.25, 0.3) is 0 Å². The van der Waals surface area contributed by atoms with Gasteiger partial charge in [-0.1, -0.05) is 23.8 Å². The zero-order valence-corrected chi connectivity index (χ0v) is 8.96. The third-order valence-electron chi connectivity index (χ3n) is 1.77. The minimum absolute atomic E-state index is 0.0988. The van der Waals surface area contributed by atoms with Crippen molar-refractivity contribution in [3.8, 4) is 0 Å². The minimum Gasteiger partial charge on any atom is -0.396 e. The molecular formula is C11H14O2S. The van der Waals surface area contributed by atoms with Crippen LogP contribution in [0.5, 0.6) is 0 Å². The van der Waals surface area contributed by atoms with Crippen LogP contribution in [0.1, 0.15) is 12.0 Å². The molecule has 0 amide bonds. The molecule has 0 saturated heterocycles. The lowest BCUT2D eigenvalue weighted by Crippen LogP contribution is -1.86. The third-order valence-corrected chi connectivity index (χ3v) is 2.95. The maximum atomic E-state index is 11.6. The van der Waals surface area contributed by atoms with Gasteiger partial charge in [-0.15, -0.1) is 0 Å². The van der Waals surface area contributed by atoms with E-state index in [-0.39, 0.29) is 6.61 Å². The van der Waals surface area contributed by atoms with Crippen molar-refractivity contribution in [1.82, 2.24) is 0 Å². The van der Waals surface area contributed by atoms with Crippen LogP contribution in [0.3, 0.4) is 0 Å². The maximum Gasteiger partial charge on any atom is 0.0772 e. The topological polar surface area (TPSA) is 37.3 Å². The van der Waals surface area contributed by atoms with Crippen molar-refractivity contribution in [2.45, 2.75) is 18.2 Å². The van der Waals surface area contributed by atoms with Crippen molar-refractivity contribution in [2.24, 2.45) is 0 Å². The van der Waals surface area contributed by atoms with Crippen molar-refractivity contribution in [1.29, 1.82) is 0 Å². The van der Waals surface area contributed by atoms with Crippen LogP contribution in [0.2, 0.25) is 0 Å². The molecule has 1 N–H and O–H groups in total. The molecule has 0 fully saturated rings. The van der Waals surface area contributed by atoms with Crippen LogP contribution in [-0.2, 0) is 10.8 Å². The summed E-state index contributed by atoms with van der Waals surface area (Å²) in [6.07, 6.45) is 2.29. The summed E-state index contributed by atoms with van der Waals surface area (Å²) in [5.41, 5.74) is 1.16. The number of rotatable bonds is 4. The van der Waals surface area contributed by atoms with Crippen molar-refractivity contribution in [2.75, 3.05) is 6.61 Å². The van der Waals surface area contributed by atoms with Crippen molar-refractivity contribution < 1.29 is 9.32 Å². The zero-order valence-electron chi connectivity index (χ0n) is 8.14. The van der Waals surface area contributed by atoms with Crippen LogP contribution in [-0.4, -0.2) is 15.9 Å². The second-order valence-electron chi connectivity index (χ2n) is 2.99. The fourth-order valence-electron chi connectivity index (χ4n) is 0.981. The van der Waals surface area contributed by atoms with Gasteiger partial charge in [-0.05, 0) is 25.5 Å². The summed E-state index contributed by atoms with van der Waals surface area (Å²) in [4.78, 5) is 0.796. The van der Waals surface area contributed by atoms with Crippen LogP contribution in [0, 0.1) is 6.92 Å². The lowest BCUT2D eigenvalue weighted by Gasteiger charge is -1.97. The predicted molar refractivity (Wildman–Crippen MR) is 58.4 cm³/mol. The van der Waals surface area contributed by atoms with E-state index in [2.05, 4.69) is 0 Å². The van der Waals surface area contributed by atoms with Crippen LogP contribution >= 0.6 is 0 Å². The van der Waals surface area contributed by atoms with Gasteiger partial charge in [-0.2, -0.15) is 0 Å².